The van der Waals surface area contributed by atoms with E-state index in [1.807, 2.05) is 0 Å². The largest absolute Gasteiger partial charge is 0.478 e. The summed E-state index contributed by atoms with van der Waals surface area (Å²) >= 11 is 0. The number of anilines is 2. The third-order valence-electron chi connectivity index (χ3n) is 2.72. The molecule has 0 spiro atoms. The Kier molecular flexibility index (Phi) is 4.07. The van der Waals surface area contributed by atoms with Crippen molar-refractivity contribution < 1.29 is 14.7 Å². The Hall–Kier alpha value is -3.03. The van der Waals surface area contributed by atoms with Gasteiger partial charge in [-0.05, 0) is 26.0 Å². The van der Waals surface area contributed by atoms with E-state index in [1.165, 1.54) is 12.1 Å². The number of carboxylic acid groups (broad SMARTS) is 1. The minimum atomic E-state index is -1.13. The van der Waals surface area contributed by atoms with Crippen molar-refractivity contribution in [1.82, 2.24) is 15.2 Å². The summed E-state index contributed by atoms with van der Waals surface area (Å²) in [5, 5.41) is 21.4. The maximum atomic E-state index is 11.8. The van der Waals surface area contributed by atoms with Crippen LogP contribution in [-0.4, -0.2) is 32.3 Å². The molecule has 21 heavy (non-hydrogen) atoms. The van der Waals surface area contributed by atoms with Crippen LogP contribution in [0.15, 0.2) is 24.3 Å². The summed E-state index contributed by atoms with van der Waals surface area (Å²) in [6.07, 6.45) is 0. The van der Waals surface area contributed by atoms with E-state index in [2.05, 4.69) is 25.8 Å². The smallest absolute Gasteiger partial charge is 0.337 e. The van der Waals surface area contributed by atoms with Crippen LogP contribution in [0.5, 0.6) is 0 Å². The third kappa shape index (κ3) is 3.50. The van der Waals surface area contributed by atoms with E-state index in [-0.39, 0.29) is 17.2 Å². The lowest BCUT2D eigenvalue weighted by Gasteiger charge is -2.09. The van der Waals surface area contributed by atoms with Crippen LogP contribution in [0, 0.1) is 13.8 Å². The van der Waals surface area contributed by atoms with E-state index in [9.17, 15) is 9.59 Å². The van der Waals surface area contributed by atoms with Gasteiger partial charge in [0.05, 0.1) is 22.6 Å². The van der Waals surface area contributed by atoms with Gasteiger partial charge in [-0.2, -0.15) is 5.10 Å². The molecule has 0 aliphatic carbocycles. The molecule has 8 heteroatoms. The highest BCUT2D eigenvalue weighted by molar-refractivity contribution is 6.03. The number of hydrogen-bond donors (Lipinski definition) is 3. The molecule has 0 unspecified atom stereocenters. The van der Waals surface area contributed by atoms with Gasteiger partial charge in [0.2, 0.25) is 0 Å². The Morgan fingerprint density at radius 3 is 2.43 bits per heavy atom. The molecule has 0 saturated heterocycles. The first kappa shape index (κ1) is 14.4. The summed E-state index contributed by atoms with van der Waals surface area (Å²) in [6, 6.07) is 5.43. The minimum Gasteiger partial charge on any atom is -0.478 e. The van der Waals surface area contributed by atoms with E-state index in [0.29, 0.717) is 11.4 Å². The fraction of sp³-hybridized carbons (Fsp3) is 0.154. The predicted molar refractivity (Wildman–Crippen MR) is 75.3 cm³/mol. The monoisotopic (exact) mass is 287 g/mol. The minimum absolute atomic E-state index is 0.00761. The van der Waals surface area contributed by atoms with Gasteiger partial charge in [0.1, 0.15) is 0 Å². The second-order valence-corrected chi connectivity index (χ2v) is 4.24. The molecule has 2 rings (SSSR count). The number of nitrogens with one attached hydrogen (secondary N) is 2. The van der Waals surface area contributed by atoms with Crippen molar-refractivity contribution in [3.05, 3.63) is 41.2 Å². The molecule has 3 N–H and O–H groups in total. The van der Waals surface area contributed by atoms with Gasteiger partial charge in [-0.1, -0.05) is 12.1 Å². The molecule has 1 heterocycles. The molecule has 108 valence electrons. The van der Waals surface area contributed by atoms with Gasteiger partial charge in [0.25, 0.3) is 5.95 Å². The van der Waals surface area contributed by atoms with Crippen LogP contribution in [0.1, 0.15) is 21.7 Å². The molecular formula is C13H13N5O3. The van der Waals surface area contributed by atoms with Crippen LogP contribution in [0.25, 0.3) is 0 Å². The second-order valence-electron chi connectivity index (χ2n) is 4.24. The standard InChI is InChI=1S/C13H13N5O3/c1-7-8(2)17-18-12(14-7)16-13(21)15-10-6-4-3-5-9(10)11(19)20/h3-6H,1-2H3,(H,19,20)(H2,14,15,16,18,21). The van der Waals surface area contributed by atoms with Gasteiger partial charge < -0.3 is 10.4 Å². The van der Waals surface area contributed by atoms with Crippen molar-refractivity contribution in [3.63, 3.8) is 0 Å². The number of hydrogen-bond acceptors (Lipinski definition) is 5. The summed E-state index contributed by atoms with van der Waals surface area (Å²) in [5.74, 6) is -1.08. The quantitative estimate of drug-likeness (QED) is 0.792. The number of carbonyl (C=O) groups excluding carboxylic acids is 1. The first-order valence-corrected chi connectivity index (χ1v) is 6.05. The Balaban J connectivity index is 2.12. The highest BCUT2D eigenvalue weighted by atomic mass is 16.4. The number of nitrogens with zero attached hydrogens (tertiary/aromatic N) is 3. The van der Waals surface area contributed by atoms with Gasteiger partial charge >= 0.3 is 12.0 Å². The zero-order valence-electron chi connectivity index (χ0n) is 11.4. The number of para-hydroxylation sites is 1. The highest BCUT2D eigenvalue weighted by Gasteiger charge is 2.12. The normalized spacial score (nSPS) is 10.0. The highest BCUT2D eigenvalue weighted by Crippen LogP contribution is 2.15. The first-order chi connectivity index (χ1) is 9.97. The summed E-state index contributed by atoms with van der Waals surface area (Å²) in [6.45, 7) is 3.50. The number of amides is 2. The van der Waals surface area contributed by atoms with Crippen molar-refractivity contribution >= 4 is 23.6 Å². The Morgan fingerprint density at radius 2 is 1.76 bits per heavy atom. The number of carboxylic acids is 1. The van der Waals surface area contributed by atoms with E-state index in [0.717, 1.165) is 0 Å². The summed E-state index contributed by atoms with van der Waals surface area (Å²) in [5.41, 5.74) is 1.48. The van der Waals surface area contributed by atoms with Crippen LogP contribution in [0.4, 0.5) is 16.4 Å². The number of benzene rings is 1. The number of carbonyl (C=O) groups is 2. The van der Waals surface area contributed by atoms with Crippen LogP contribution in [0.2, 0.25) is 0 Å². The SMILES string of the molecule is Cc1nnc(NC(=O)Nc2ccccc2C(=O)O)nc1C. The summed E-state index contributed by atoms with van der Waals surface area (Å²) in [7, 11) is 0. The zero-order chi connectivity index (χ0) is 15.4. The van der Waals surface area contributed by atoms with Gasteiger partial charge in [-0.25, -0.2) is 14.6 Å². The number of aromatic carboxylic acids is 1. The van der Waals surface area contributed by atoms with Crippen molar-refractivity contribution in [2.24, 2.45) is 0 Å². The maximum Gasteiger partial charge on any atom is 0.337 e. The van der Waals surface area contributed by atoms with Crippen molar-refractivity contribution in [2.75, 3.05) is 10.6 Å². The Labute approximate surface area is 120 Å². The van der Waals surface area contributed by atoms with Gasteiger partial charge in [-0.3, -0.25) is 5.32 Å². The number of rotatable bonds is 3. The molecule has 0 radical (unpaired) electrons. The molecule has 0 fully saturated rings. The van der Waals surface area contributed by atoms with Gasteiger partial charge in [-0.15, -0.1) is 5.10 Å². The average molecular weight is 287 g/mol. The topological polar surface area (TPSA) is 117 Å². The fourth-order valence-corrected chi connectivity index (χ4v) is 1.54. The van der Waals surface area contributed by atoms with Crippen molar-refractivity contribution in [3.8, 4) is 0 Å². The lowest BCUT2D eigenvalue weighted by Crippen LogP contribution is -2.22. The first-order valence-electron chi connectivity index (χ1n) is 6.05. The third-order valence-corrected chi connectivity index (χ3v) is 2.72. The zero-order valence-corrected chi connectivity index (χ0v) is 11.4. The van der Waals surface area contributed by atoms with Gasteiger partial charge in [0.15, 0.2) is 0 Å². The Bertz CT molecular complexity index is 702. The molecule has 0 aliphatic heterocycles. The maximum absolute atomic E-state index is 11.8. The van der Waals surface area contributed by atoms with E-state index in [4.69, 9.17) is 5.11 Å². The number of aromatic nitrogens is 3. The van der Waals surface area contributed by atoms with Crippen molar-refractivity contribution in [1.29, 1.82) is 0 Å². The Morgan fingerprint density at radius 1 is 1.05 bits per heavy atom. The second kappa shape index (κ2) is 5.95. The summed E-state index contributed by atoms with van der Waals surface area (Å²) < 4.78 is 0. The molecule has 2 aromatic rings. The summed E-state index contributed by atoms with van der Waals surface area (Å²) in [4.78, 5) is 26.9. The lowest BCUT2D eigenvalue weighted by atomic mass is 10.2. The molecule has 0 saturated carbocycles. The molecule has 2 amide bonds. The van der Waals surface area contributed by atoms with Crippen molar-refractivity contribution in [2.45, 2.75) is 13.8 Å². The van der Waals surface area contributed by atoms with Crippen LogP contribution >= 0.6 is 0 Å². The van der Waals surface area contributed by atoms with Gasteiger partial charge in [0, 0.05) is 0 Å². The lowest BCUT2D eigenvalue weighted by molar-refractivity contribution is 0.0698. The number of urea groups is 1. The molecule has 0 atom stereocenters. The molecule has 0 aliphatic rings. The average Bonchev–Trinajstić information content (AvgIpc) is 2.43. The predicted octanol–water partition coefficient (Wildman–Crippen LogP) is 1.83. The molecule has 1 aromatic heterocycles. The number of aryl methyl sites for hydroxylation is 2. The van der Waals surface area contributed by atoms with Crippen LogP contribution < -0.4 is 10.6 Å². The molecule has 0 bridgehead atoms. The van der Waals surface area contributed by atoms with E-state index in [1.54, 1.807) is 26.0 Å². The van der Waals surface area contributed by atoms with Crippen LogP contribution in [0.3, 0.4) is 0 Å². The molecule has 1 aromatic carbocycles. The van der Waals surface area contributed by atoms with E-state index < -0.39 is 12.0 Å². The molecule has 8 nitrogen and oxygen atoms in total. The molecular weight excluding hydrogens is 274 g/mol. The fourth-order valence-electron chi connectivity index (χ4n) is 1.54. The van der Waals surface area contributed by atoms with E-state index >= 15 is 0 Å². The van der Waals surface area contributed by atoms with Crippen LogP contribution in [-0.2, 0) is 0 Å².